The topological polar surface area (TPSA) is 44.2 Å². The van der Waals surface area contributed by atoms with Gasteiger partial charge in [-0.05, 0) is 30.7 Å². The van der Waals surface area contributed by atoms with Gasteiger partial charge in [-0.2, -0.15) is 8.78 Å². The molecule has 1 unspecified atom stereocenters. The maximum Gasteiger partial charge on any atom is 0.435 e. The smallest absolute Gasteiger partial charge is 0.435 e. The molecular formula is C18H19F5N2O2. The molecule has 9 heteroatoms. The lowest BCUT2D eigenvalue weighted by Crippen LogP contribution is -2.40. The van der Waals surface area contributed by atoms with E-state index in [0.717, 1.165) is 31.4 Å². The van der Waals surface area contributed by atoms with Gasteiger partial charge < -0.3 is 9.47 Å². The van der Waals surface area contributed by atoms with E-state index in [1.54, 1.807) is 0 Å². The summed E-state index contributed by atoms with van der Waals surface area (Å²) in [4.78, 5) is 8.24. The number of alkyl halides is 5. The number of halogens is 5. The molecule has 0 saturated heterocycles. The van der Waals surface area contributed by atoms with Crippen LogP contribution < -0.4 is 9.47 Å². The van der Waals surface area contributed by atoms with Crippen molar-refractivity contribution in [2.75, 3.05) is 6.61 Å². The number of aromatic nitrogens is 2. The third-order valence-corrected chi connectivity index (χ3v) is 3.55. The van der Waals surface area contributed by atoms with Crippen molar-refractivity contribution < 1.29 is 31.4 Å². The average molecular weight is 390 g/mol. The van der Waals surface area contributed by atoms with E-state index in [1.165, 1.54) is 24.5 Å². The van der Waals surface area contributed by atoms with Crippen LogP contribution in [-0.4, -0.2) is 35.3 Å². The first-order chi connectivity index (χ1) is 12.8. The molecule has 148 valence electrons. The van der Waals surface area contributed by atoms with Gasteiger partial charge in [-0.3, -0.25) is 0 Å². The normalized spacial score (nSPS) is 12.9. The highest BCUT2D eigenvalue weighted by Gasteiger charge is 2.49. The van der Waals surface area contributed by atoms with Crippen LogP contribution in [0.25, 0.3) is 11.4 Å². The van der Waals surface area contributed by atoms with Gasteiger partial charge in [0.2, 0.25) is 0 Å². The van der Waals surface area contributed by atoms with Crippen LogP contribution in [0, 0.1) is 0 Å². The lowest BCUT2D eigenvalue weighted by atomic mass is 10.2. The Labute approximate surface area is 153 Å². The maximum atomic E-state index is 13.3. The van der Waals surface area contributed by atoms with Crippen LogP contribution in [0.5, 0.6) is 11.5 Å². The van der Waals surface area contributed by atoms with Gasteiger partial charge in [-0.15, -0.1) is 0 Å². The Bertz CT molecular complexity index is 696. The van der Waals surface area contributed by atoms with E-state index in [0.29, 0.717) is 23.7 Å². The zero-order valence-electron chi connectivity index (χ0n) is 14.5. The third-order valence-electron chi connectivity index (χ3n) is 3.55. The van der Waals surface area contributed by atoms with Gasteiger partial charge in [-0.1, -0.05) is 19.8 Å². The standard InChI is InChI=1S/C18H19F5N2O2/c1-2-3-4-9-26-14-10-24-17(25-11-14)12-5-7-13(8-6-12)27-18(22,23)15(19)16(20)21/h5-8,10-11,15-16H,2-4,9H2,1H3. The zero-order chi connectivity index (χ0) is 19.9. The summed E-state index contributed by atoms with van der Waals surface area (Å²) in [6.07, 6.45) is -6.16. The molecule has 0 N–H and O–H groups in total. The molecule has 27 heavy (non-hydrogen) atoms. The second-order valence-corrected chi connectivity index (χ2v) is 5.72. The number of hydrogen-bond acceptors (Lipinski definition) is 4. The van der Waals surface area contributed by atoms with Crippen molar-refractivity contribution in [3.63, 3.8) is 0 Å². The molecule has 4 nitrogen and oxygen atoms in total. The van der Waals surface area contributed by atoms with Gasteiger partial charge >= 0.3 is 6.11 Å². The Morgan fingerprint density at radius 2 is 1.59 bits per heavy atom. The number of benzene rings is 1. The van der Waals surface area contributed by atoms with Crippen molar-refractivity contribution in [3.8, 4) is 22.9 Å². The molecule has 0 spiro atoms. The van der Waals surface area contributed by atoms with E-state index in [4.69, 9.17) is 4.74 Å². The van der Waals surface area contributed by atoms with Gasteiger partial charge in [0.25, 0.3) is 12.6 Å². The molecule has 1 aromatic carbocycles. The van der Waals surface area contributed by atoms with Gasteiger partial charge in [0.1, 0.15) is 5.75 Å². The fourth-order valence-electron chi connectivity index (χ4n) is 2.11. The van der Waals surface area contributed by atoms with Crippen LogP contribution >= 0.6 is 0 Å². The van der Waals surface area contributed by atoms with E-state index >= 15 is 0 Å². The van der Waals surface area contributed by atoms with Crippen molar-refractivity contribution >= 4 is 0 Å². The van der Waals surface area contributed by atoms with Crippen LogP contribution in [0.3, 0.4) is 0 Å². The number of hydrogen-bond donors (Lipinski definition) is 0. The summed E-state index contributed by atoms with van der Waals surface area (Å²) < 4.78 is 73.1. The van der Waals surface area contributed by atoms with E-state index in [2.05, 4.69) is 21.6 Å². The molecule has 1 heterocycles. The van der Waals surface area contributed by atoms with E-state index in [1.807, 2.05) is 0 Å². The highest BCUT2D eigenvalue weighted by atomic mass is 19.3. The van der Waals surface area contributed by atoms with E-state index in [-0.39, 0.29) is 0 Å². The zero-order valence-corrected chi connectivity index (χ0v) is 14.5. The molecular weight excluding hydrogens is 371 g/mol. The number of unbranched alkanes of at least 4 members (excludes halogenated alkanes) is 2. The number of ether oxygens (including phenoxy) is 2. The molecule has 0 aliphatic carbocycles. The van der Waals surface area contributed by atoms with Crippen LogP contribution in [-0.2, 0) is 0 Å². The summed E-state index contributed by atoms with van der Waals surface area (Å²) >= 11 is 0. The Hall–Kier alpha value is -2.45. The largest absolute Gasteiger partial charge is 0.490 e. The molecule has 0 aliphatic rings. The van der Waals surface area contributed by atoms with E-state index in [9.17, 15) is 22.0 Å². The lowest BCUT2D eigenvalue weighted by molar-refractivity contribution is -0.244. The second-order valence-electron chi connectivity index (χ2n) is 5.72. The number of nitrogens with zero attached hydrogens (tertiary/aromatic N) is 2. The monoisotopic (exact) mass is 390 g/mol. The fraction of sp³-hybridized carbons (Fsp3) is 0.444. The SMILES string of the molecule is CCCCCOc1cnc(-c2ccc(OC(F)(F)C(F)C(F)F)cc2)nc1. The first kappa shape index (κ1) is 20.9. The molecule has 0 bridgehead atoms. The molecule has 2 aromatic rings. The van der Waals surface area contributed by atoms with Gasteiger partial charge in [-0.25, -0.2) is 23.1 Å². The predicted molar refractivity (Wildman–Crippen MR) is 89.0 cm³/mol. The molecule has 2 rings (SSSR count). The Balaban J connectivity index is 1.98. The highest BCUT2D eigenvalue weighted by molar-refractivity contribution is 5.56. The molecule has 1 atom stereocenters. The maximum absolute atomic E-state index is 13.3. The summed E-state index contributed by atoms with van der Waals surface area (Å²) in [7, 11) is 0. The van der Waals surface area contributed by atoms with Crippen molar-refractivity contribution in [1.29, 1.82) is 0 Å². The molecule has 0 fully saturated rings. The van der Waals surface area contributed by atoms with Crippen LogP contribution in [0.1, 0.15) is 26.2 Å². The van der Waals surface area contributed by atoms with Crippen LogP contribution in [0.2, 0.25) is 0 Å². The fourth-order valence-corrected chi connectivity index (χ4v) is 2.11. The van der Waals surface area contributed by atoms with Crippen molar-refractivity contribution in [2.45, 2.75) is 44.9 Å². The first-order valence-electron chi connectivity index (χ1n) is 8.38. The van der Waals surface area contributed by atoms with Crippen LogP contribution in [0.15, 0.2) is 36.7 Å². The summed E-state index contributed by atoms with van der Waals surface area (Å²) in [6.45, 7) is 2.65. The number of rotatable bonds is 10. The first-order valence-corrected chi connectivity index (χ1v) is 8.38. The predicted octanol–water partition coefficient (Wildman–Crippen LogP) is 5.29. The minimum Gasteiger partial charge on any atom is -0.490 e. The molecule has 0 aliphatic heterocycles. The Morgan fingerprint density at radius 3 is 2.15 bits per heavy atom. The molecule has 0 amide bonds. The minimum atomic E-state index is -4.64. The molecule has 0 saturated carbocycles. The second kappa shape index (κ2) is 9.48. The highest BCUT2D eigenvalue weighted by Crippen LogP contribution is 2.31. The van der Waals surface area contributed by atoms with Crippen molar-refractivity contribution in [2.24, 2.45) is 0 Å². The summed E-state index contributed by atoms with van der Waals surface area (Å²) in [6, 6.07) is 4.91. The van der Waals surface area contributed by atoms with Gasteiger partial charge in [0.05, 0.1) is 19.0 Å². The Kier molecular flexibility index (Phi) is 7.32. The molecule has 0 radical (unpaired) electrons. The van der Waals surface area contributed by atoms with Crippen LogP contribution in [0.4, 0.5) is 22.0 Å². The third kappa shape index (κ3) is 6.04. The van der Waals surface area contributed by atoms with Gasteiger partial charge in [0, 0.05) is 5.56 Å². The Morgan fingerprint density at radius 1 is 0.963 bits per heavy atom. The van der Waals surface area contributed by atoms with Crippen molar-refractivity contribution in [3.05, 3.63) is 36.7 Å². The quantitative estimate of drug-likeness (QED) is 0.409. The van der Waals surface area contributed by atoms with Gasteiger partial charge in [0.15, 0.2) is 11.6 Å². The van der Waals surface area contributed by atoms with E-state index < -0.39 is 24.5 Å². The summed E-state index contributed by atoms with van der Waals surface area (Å²) in [5.41, 5.74) is 0.480. The lowest BCUT2D eigenvalue weighted by Gasteiger charge is -2.20. The average Bonchev–Trinajstić information content (AvgIpc) is 2.65. The van der Waals surface area contributed by atoms with Crippen molar-refractivity contribution in [1.82, 2.24) is 9.97 Å². The molecule has 1 aromatic heterocycles. The minimum absolute atomic E-state index is 0.310. The summed E-state index contributed by atoms with van der Waals surface area (Å²) in [5.74, 6) is 0.364. The summed E-state index contributed by atoms with van der Waals surface area (Å²) in [5, 5.41) is 0.